The molecule has 4 N–H and O–H groups in total. The van der Waals surface area contributed by atoms with Crippen molar-refractivity contribution in [3.05, 3.63) is 70.9 Å². The van der Waals surface area contributed by atoms with Gasteiger partial charge in [0.05, 0.1) is 6.04 Å². The summed E-state index contributed by atoms with van der Waals surface area (Å²) in [5.74, 6) is -3.46. The van der Waals surface area contributed by atoms with Gasteiger partial charge in [0.2, 0.25) is 0 Å². The molecule has 0 spiro atoms. The normalized spacial score (nSPS) is 17.4. The standard InChI is InChI=1S/C24H27N3O.C2H2O4/c28-24(27-13-4-1-5-14-27)18-8-6-7-17(15-18)16-22-23-20(11-12-25-22)19-9-2-3-10-21(19)26-23;3-1(4)2(5)6/h2-3,6-10,15,22,25-26H,1,4-5,11-14,16H2;(H,3,4)(H,5,6). The Morgan fingerprint density at radius 1 is 0.941 bits per heavy atom. The molecule has 2 aliphatic heterocycles. The van der Waals surface area contributed by atoms with E-state index in [-0.39, 0.29) is 11.9 Å². The van der Waals surface area contributed by atoms with E-state index in [2.05, 4.69) is 46.7 Å². The van der Waals surface area contributed by atoms with Gasteiger partial charge in [-0.3, -0.25) is 4.79 Å². The van der Waals surface area contributed by atoms with Gasteiger partial charge in [-0.15, -0.1) is 0 Å². The first-order valence-corrected chi connectivity index (χ1v) is 11.6. The highest BCUT2D eigenvalue weighted by Crippen LogP contribution is 2.31. The number of carboxylic acid groups (broad SMARTS) is 2. The number of fused-ring (bicyclic) bond motifs is 3. The second kappa shape index (κ2) is 10.5. The van der Waals surface area contributed by atoms with Gasteiger partial charge in [0.15, 0.2) is 0 Å². The van der Waals surface area contributed by atoms with E-state index >= 15 is 0 Å². The van der Waals surface area contributed by atoms with E-state index in [1.807, 2.05) is 17.0 Å². The molecule has 2 aliphatic rings. The molecule has 1 fully saturated rings. The number of H-pyrrole nitrogens is 1. The molecule has 0 saturated carbocycles. The van der Waals surface area contributed by atoms with E-state index in [1.54, 1.807) is 0 Å². The molecule has 8 heteroatoms. The van der Waals surface area contributed by atoms with Crippen LogP contribution in [0.4, 0.5) is 0 Å². The number of hydrogen-bond acceptors (Lipinski definition) is 4. The molecule has 1 atom stereocenters. The number of carbonyl (C=O) groups is 3. The molecule has 34 heavy (non-hydrogen) atoms. The van der Waals surface area contributed by atoms with E-state index in [4.69, 9.17) is 19.8 Å². The maximum Gasteiger partial charge on any atom is 0.414 e. The Labute approximate surface area is 197 Å². The van der Waals surface area contributed by atoms with Gasteiger partial charge in [0, 0.05) is 35.2 Å². The summed E-state index contributed by atoms with van der Waals surface area (Å²) >= 11 is 0. The Morgan fingerprint density at radius 3 is 2.41 bits per heavy atom. The molecular weight excluding hydrogens is 434 g/mol. The van der Waals surface area contributed by atoms with E-state index < -0.39 is 11.9 Å². The number of nitrogens with zero attached hydrogens (tertiary/aromatic N) is 1. The molecule has 1 saturated heterocycles. The first kappa shape index (κ1) is 23.5. The maximum atomic E-state index is 12.9. The van der Waals surface area contributed by atoms with Crippen LogP contribution in [0.25, 0.3) is 10.9 Å². The molecule has 178 valence electrons. The van der Waals surface area contributed by atoms with Crippen molar-refractivity contribution in [1.29, 1.82) is 0 Å². The van der Waals surface area contributed by atoms with Crippen LogP contribution < -0.4 is 5.32 Å². The molecule has 2 aromatic carbocycles. The highest BCUT2D eigenvalue weighted by molar-refractivity contribution is 6.27. The third kappa shape index (κ3) is 5.28. The van der Waals surface area contributed by atoms with Crippen molar-refractivity contribution < 1.29 is 24.6 Å². The van der Waals surface area contributed by atoms with Crippen molar-refractivity contribution in [3.63, 3.8) is 0 Å². The fourth-order valence-electron chi connectivity index (χ4n) is 4.78. The minimum absolute atomic E-state index is 0.185. The number of rotatable bonds is 3. The first-order valence-electron chi connectivity index (χ1n) is 11.6. The average molecular weight is 464 g/mol. The number of carboxylic acids is 2. The van der Waals surface area contributed by atoms with Crippen molar-refractivity contribution in [2.75, 3.05) is 19.6 Å². The number of amides is 1. The van der Waals surface area contributed by atoms with E-state index in [0.717, 1.165) is 50.9 Å². The van der Waals surface area contributed by atoms with Crippen molar-refractivity contribution in [3.8, 4) is 0 Å². The first-order chi connectivity index (χ1) is 16.4. The summed E-state index contributed by atoms with van der Waals surface area (Å²) in [5.41, 5.74) is 6.01. The summed E-state index contributed by atoms with van der Waals surface area (Å²) in [5, 5.41) is 19.8. The fourth-order valence-corrected chi connectivity index (χ4v) is 4.78. The van der Waals surface area contributed by atoms with Gasteiger partial charge in [0.25, 0.3) is 5.91 Å². The van der Waals surface area contributed by atoms with E-state index in [9.17, 15) is 4.79 Å². The van der Waals surface area contributed by atoms with E-state index in [1.165, 1.54) is 34.1 Å². The van der Waals surface area contributed by atoms with Crippen LogP contribution in [0.15, 0.2) is 48.5 Å². The van der Waals surface area contributed by atoms with Crippen LogP contribution in [-0.4, -0.2) is 57.6 Å². The quantitative estimate of drug-likeness (QED) is 0.442. The summed E-state index contributed by atoms with van der Waals surface area (Å²) in [6.45, 7) is 2.78. The number of benzene rings is 2. The van der Waals surface area contributed by atoms with Crippen LogP contribution in [0.3, 0.4) is 0 Å². The second-order valence-electron chi connectivity index (χ2n) is 8.69. The summed E-state index contributed by atoms with van der Waals surface area (Å²) in [7, 11) is 0. The monoisotopic (exact) mass is 463 g/mol. The number of aliphatic carboxylic acids is 2. The Balaban J connectivity index is 0.000000408. The van der Waals surface area contributed by atoms with Crippen LogP contribution in [-0.2, 0) is 22.4 Å². The highest BCUT2D eigenvalue weighted by Gasteiger charge is 2.24. The Hall–Kier alpha value is -3.65. The van der Waals surface area contributed by atoms with Crippen molar-refractivity contribution in [2.24, 2.45) is 0 Å². The molecule has 1 aromatic heterocycles. The zero-order valence-corrected chi connectivity index (χ0v) is 18.9. The number of carbonyl (C=O) groups excluding carboxylic acids is 1. The van der Waals surface area contributed by atoms with Gasteiger partial charge in [0.1, 0.15) is 0 Å². The second-order valence-corrected chi connectivity index (χ2v) is 8.69. The molecule has 3 heterocycles. The summed E-state index contributed by atoms with van der Waals surface area (Å²) in [4.78, 5) is 36.7. The van der Waals surface area contributed by atoms with Gasteiger partial charge in [-0.2, -0.15) is 0 Å². The lowest BCUT2D eigenvalue weighted by Crippen LogP contribution is -2.35. The maximum absolute atomic E-state index is 12.9. The lowest BCUT2D eigenvalue weighted by Gasteiger charge is -2.27. The minimum atomic E-state index is -1.82. The van der Waals surface area contributed by atoms with Gasteiger partial charge in [-0.25, -0.2) is 9.59 Å². The number of piperidine rings is 1. The van der Waals surface area contributed by atoms with Gasteiger partial charge in [-0.1, -0.05) is 30.3 Å². The third-order valence-electron chi connectivity index (χ3n) is 6.40. The molecule has 1 amide bonds. The summed E-state index contributed by atoms with van der Waals surface area (Å²) < 4.78 is 0. The van der Waals surface area contributed by atoms with Crippen LogP contribution >= 0.6 is 0 Å². The highest BCUT2D eigenvalue weighted by atomic mass is 16.4. The fraction of sp³-hybridized carbons (Fsp3) is 0.346. The number of nitrogens with one attached hydrogen (secondary N) is 2. The SMILES string of the molecule is O=C(O)C(=O)O.O=C(c1cccc(CC2NCCc3c2[nH]c2ccccc32)c1)N1CCCCC1. The summed E-state index contributed by atoms with van der Waals surface area (Å²) in [6.07, 6.45) is 5.44. The zero-order valence-electron chi connectivity index (χ0n) is 18.9. The van der Waals surface area contributed by atoms with Gasteiger partial charge >= 0.3 is 11.9 Å². The average Bonchev–Trinajstić information content (AvgIpc) is 3.24. The third-order valence-corrected chi connectivity index (χ3v) is 6.40. The lowest BCUT2D eigenvalue weighted by molar-refractivity contribution is -0.159. The molecule has 5 rings (SSSR count). The number of aromatic nitrogens is 1. The lowest BCUT2D eigenvalue weighted by atomic mass is 9.94. The van der Waals surface area contributed by atoms with Crippen molar-refractivity contribution in [2.45, 2.75) is 38.1 Å². The Kier molecular flexibility index (Phi) is 7.27. The van der Waals surface area contributed by atoms with Gasteiger partial charge in [-0.05, 0) is 68.0 Å². The molecule has 0 bridgehead atoms. The predicted molar refractivity (Wildman–Crippen MR) is 128 cm³/mol. The molecule has 0 aliphatic carbocycles. The van der Waals surface area contributed by atoms with Crippen LogP contribution in [0.1, 0.15) is 52.5 Å². The van der Waals surface area contributed by atoms with Crippen LogP contribution in [0.5, 0.6) is 0 Å². The van der Waals surface area contributed by atoms with E-state index in [0.29, 0.717) is 0 Å². The topological polar surface area (TPSA) is 123 Å². The molecule has 0 radical (unpaired) electrons. The number of hydrogen-bond donors (Lipinski definition) is 4. The van der Waals surface area contributed by atoms with Crippen molar-refractivity contribution >= 4 is 28.7 Å². The van der Waals surface area contributed by atoms with Crippen LogP contribution in [0.2, 0.25) is 0 Å². The summed E-state index contributed by atoms with van der Waals surface area (Å²) in [6, 6.07) is 17.1. The predicted octanol–water partition coefficient (Wildman–Crippen LogP) is 3.38. The number of aromatic amines is 1. The molecule has 3 aromatic rings. The van der Waals surface area contributed by atoms with Crippen molar-refractivity contribution in [1.82, 2.24) is 15.2 Å². The number of para-hydroxylation sites is 1. The minimum Gasteiger partial charge on any atom is -0.473 e. The Morgan fingerprint density at radius 2 is 1.68 bits per heavy atom. The molecule has 1 unspecified atom stereocenters. The van der Waals surface area contributed by atoms with Gasteiger partial charge < -0.3 is 25.4 Å². The smallest absolute Gasteiger partial charge is 0.414 e. The largest absolute Gasteiger partial charge is 0.473 e. The van der Waals surface area contributed by atoms with Crippen LogP contribution in [0, 0.1) is 0 Å². The number of likely N-dealkylation sites (tertiary alicyclic amines) is 1. The zero-order chi connectivity index (χ0) is 24.1. The molecular formula is C26H29N3O5. The Bertz CT molecular complexity index is 1180. The molecule has 8 nitrogen and oxygen atoms in total.